The molecule has 0 bridgehead atoms. The molecular weight excluding hydrogens is 484 g/mol. The highest BCUT2D eigenvalue weighted by atomic mass is 79.9. The standard InChI is InChI=1S/C26H27BrN2O4/c1-4-15-32-19-10-7-17(8-11-19)23-22-24(30)20-16-18(27)9-12-21(20)33-25(22)26(31)29(23)14-13-28(5-2)6-3/h4,7-12,16,23H,1,5-6,13-15H2,2-3H3. The van der Waals surface area contributed by atoms with Crippen molar-refractivity contribution in [1.29, 1.82) is 0 Å². The lowest BCUT2D eigenvalue weighted by atomic mass is 9.98. The van der Waals surface area contributed by atoms with Crippen LogP contribution >= 0.6 is 15.9 Å². The number of fused-ring (bicyclic) bond motifs is 2. The van der Waals surface area contributed by atoms with Gasteiger partial charge in [0.2, 0.25) is 5.76 Å². The minimum absolute atomic E-state index is 0.131. The molecule has 4 rings (SSSR count). The van der Waals surface area contributed by atoms with E-state index in [1.165, 1.54) is 0 Å². The van der Waals surface area contributed by atoms with Crippen molar-refractivity contribution in [2.45, 2.75) is 19.9 Å². The van der Waals surface area contributed by atoms with Gasteiger partial charge in [-0.2, -0.15) is 0 Å². The lowest BCUT2D eigenvalue weighted by Gasteiger charge is -2.28. The molecule has 3 aromatic rings. The second kappa shape index (κ2) is 9.93. The molecule has 0 saturated heterocycles. The summed E-state index contributed by atoms with van der Waals surface area (Å²) in [5.41, 5.74) is 1.47. The molecule has 0 radical (unpaired) electrons. The number of ether oxygens (including phenoxy) is 1. The van der Waals surface area contributed by atoms with Crippen molar-refractivity contribution in [3.63, 3.8) is 0 Å². The first-order valence-electron chi connectivity index (χ1n) is 11.1. The van der Waals surface area contributed by atoms with Crippen molar-refractivity contribution in [2.24, 2.45) is 0 Å². The number of amides is 1. The van der Waals surface area contributed by atoms with Crippen LogP contribution in [-0.2, 0) is 0 Å². The first kappa shape index (κ1) is 23.3. The minimum Gasteiger partial charge on any atom is -0.490 e. The maximum atomic E-state index is 13.6. The summed E-state index contributed by atoms with van der Waals surface area (Å²) in [6, 6.07) is 12.2. The molecule has 2 aromatic carbocycles. The Morgan fingerprint density at radius 1 is 1.15 bits per heavy atom. The maximum absolute atomic E-state index is 13.6. The molecule has 6 nitrogen and oxygen atoms in total. The van der Waals surface area contributed by atoms with Crippen molar-refractivity contribution in [3.8, 4) is 5.75 Å². The monoisotopic (exact) mass is 510 g/mol. The van der Waals surface area contributed by atoms with E-state index in [0.29, 0.717) is 42.0 Å². The fourth-order valence-corrected chi connectivity index (χ4v) is 4.62. The third kappa shape index (κ3) is 4.48. The van der Waals surface area contributed by atoms with E-state index in [1.807, 2.05) is 24.3 Å². The molecule has 172 valence electrons. The highest BCUT2D eigenvalue weighted by Crippen LogP contribution is 2.38. The van der Waals surface area contributed by atoms with Gasteiger partial charge in [0.25, 0.3) is 5.91 Å². The molecule has 0 N–H and O–H groups in total. The molecule has 1 atom stereocenters. The summed E-state index contributed by atoms with van der Waals surface area (Å²) in [6.45, 7) is 11.2. The number of benzene rings is 2. The van der Waals surface area contributed by atoms with Crippen LogP contribution in [-0.4, -0.2) is 48.5 Å². The van der Waals surface area contributed by atoms with Gasteiger partial charge in [0.05, 0.1) is 17.0 Å². The van der Waals surface area contributed by atoms with E-state index in [9.17, 15) is 9.59 Å². The second-order valence-electron chi connectivity index (χ2n) is 7.91. The maximum Gasteiger partial charge on any atom is 0.290 e. The molecule has 0 aliphatic carbocycles. The molecule has 1 amide bonds. The Bertz CT molecular complexity index is 1230. The van der Waals surface area contributed by atoms with Gasteiger partial charge in [-0.3, -0.25) is 9.59 Å². The summed E-state index contributed by atoms with van der Waals surface area (Å²) in [4.78, 5) is 31.1. The fraction of sp³-hybridized carbons (Fsp3) is 0.308. The Kier molecular flexibility index (Phi) is 7.00. The molecule has 1 unspecified atom stereocenters. The number of likely N-dealkylation sites (N-methyl/N-ethyl adjacent to an activating group) is 1. The van der Waals surface area contributed by atoms with Crippen LogP contribution in [0.25, 0.3) is 11.0 Å². The molecule has 1 aliphatic heterocycles. The third-order valence-corrected chi connectivity index (χ3v) is 6.54. The Morgan fingerprint density at radius 3 is 2.55 bits per heavy atom. The fourth-order valence-electron chi connectivity index (χ4n) is 4.26. The van der Waals surface area contributed by atoms with E-state index in [4.69, 9.17) is 9.15 Å². The van der Waals surface area contributed by atoms with Crippen molar-refractivity contribution in [1.82, 2.24) is 9.80 Å². The Morgan fingerprint density at radius 2 is 1.88 bits per heavy atom. The van der Waals surface area contributed by atoms with Gasteiger partial charge in [0.1, 0.15) is 17.9 Å². The van der Waals surface area contributed by atoms with Gasteiger partial charge in [0.15, 0.2) is 5.43 Å². The van der Waals surface area contributed by atoms with Gasteiger partial charge in [-0.05, 0) is 49.0 Å². The first-order chi connectivity index (χ1) is 16.0. The van der Waals surface area contributed by atoms with Crippen LogP contribution in [0.15, 0.2) is 68.8 Å². The lowest BCUT2D eigenvalue weighted by Crippen LogP contribution is -2.37. The van der Waals surface area contributed by atoms with E-state index in [2.05, 4.69) is 41.3 Å². The van der Waals surface area contributed by atoms with E-state index >= 15 is 0 Å². The zero-order valence-electron chi connectivity index (χ0n) is 18.8. The van der Waals surface area contributed by atoms with Crippen LogP contribution in [0, 0.1) is 0 Å². The number of carbonyl (C=O) groups excluding carboxylic acids is 1. The van der Waals surface area contributed by atoms with Crippen molar-refractivity contribution >= 4 is 32.8 Å². The summed E-state index contributed by atoms with van der Waals surface area (Å²) >= 11 is 3.43. The zero-order valence-corrected chi connectivity index (χ0v) is 20.4. The molecule has 0 fully saturated rings. The van der Waals surface area contributed by atoms with Crippen LogP contribution in [0.4, 0.5) is 0 Å². The average Bonchev–Trinajstić information content (AvgIpc) is 3.11. The van der Waals surface area contributed by atoms with Crippen LogP contribution in [0.2, 0.25) is 0 Å². The summed E-state index contributed by atoms with van der Waals surface area (Å²) in [7, 11) is 0. The summed E-state index contributed by atoms with van der Waals surface area (Å²) in [5, 5.41) is 0.456. The predicted molar refractivity (Wildman–Crippen MR) is 133 cm³/mol. The van der Waals surface area contributed by atoms with E-state index in [0.717, 1.165) is 23.1 Å². The van der Waals surface area contributed by atoms with Crippen LogP contribution < -0.4 is 10.2 Å². The summed E-state index contributed by atoms with van der Waals surface area (Å²) < 4.78 is 12.4. The molecule has 33 heavy (non-hydrogen) atoms. The molecule has 1 aliphatic rings. The minimum atomic E-state index is -0.517. The number of carbonyl (C=O) groups is 1. The van der Waals surface area contributed by atoms with Gasteiger partial charge < -0.3 is 19.0 Å². The number of nitrogens with zero attached hydrogens (tertiary/aromatic N) is 2. The van der Waals surface area contributed by atoms with Crippen LogP contribution in [0.3, 0.4) is 0 Å². The second-order valence-corrected chi connectivity index (χ2v) is 8.83. The van der Waals surface area contributed by atoms with E-state index < -0.39 is 6.04 Å². The number of hydrogen-bond acceptors (Lipinski definition) is 5. The zero-order chi connectivity index (χ0) is 23.5. The van der Waals surface area contributed by atoms with Crippen molar-refractivity contribution in [2.75, 3.05) is 32.8 Å². The topological polar surface area (TPSA) is 63.0 Å². The van der Waals surface area contributed by atoms with Gasteiger partial charge in [-0.15, -0.1) is 0 Å². The molecule has 7 heteroatoms. The van der Waals surface area contributed by atoms with Gasteiger partial charge >= 0.3 is 0 Å². The quantitative estimate of drug-likeness (QED) is 0.378. The first-order valence-corrected chi connectivity index (χ1v) is 11.9. The number of hydrogen-bond donors (Lipinski definition) is 0. The molecule has 0 spiro atoms. The Labute approximate surface area is 201 Å². The SMILES string of the molecule is C=CCOc1ccc(C2c3c(oc4ccc(Br)cc4c3=O)C(=O)N2CCN(CC)CC)cc1. The highest BCUT2D eigenvalue weighted by Gasteiger charge is 2.42. The van der Waals surface area contributed by atoms with Crippen LogP contribution in [0.1, 0.15) is 41.6 Å². The third-order valence-electron chi connectivity index (χ3n) is 6.04. The van der Waals surface area contributed by atoms with Crippen molar-refractivity contribution in [3.05, 3.63) is 86.7 Å². The van der Waals surface area contributed by atoms with Gasteiger partial charge in [-0.25, -0.2) is 0 Å². The molecule has 0 saturated carbocycles. The summed E-state index contributed by atoms with van der Waals surface area (Å²) in [6.07, 6.45) is 1.68. The normalized spacial score (nSPS) is 15.3. The Hall–Kier alpha value is -2.90. The average molecular weight is 511 g/mol. The summed E-state index contributed by atoms with van der Waals surface area (Å²) in [5.74, 6) is 0.578. The predicted octanol–water partition coefficient (Wildman–Crippen LogP) is 5.01. The van der Waals surface area contributed by atoms with E-state index in [-0.39, 0.29) is 17.1 Å². The molecule has 1 aromatic heterocycles. The van der Waals surface area contributed by atoms with Gasteiger partial charge in [-0.1, -0.05) is 54.6 Å². The lowest BCUT2D eigenvalue weighted by molar-refractivity contribution is 0.0708. The van der Waals surface area contributed by atoms with Gasteiger partial charge in [0, 0.05) is 17.6 Å². The van der Waals surface area contributed by atoms with E-state index in [1.54, 1.807) is 29.2 Å². The molecular formula is C26H27BrN2O4. The number of rotatable bonds is 9. The Balaban J connectivity index is 1.81. The largest absolute Gasteiger partial charge is 0.490 e. The van der Waals surface area contributed by atoms with Crippen LogP contribution in [0.5, 0.6) is 5.75 Å². The van der Waals surface area contributed by atoms with Crippen molar-refractivity contribution < 1.29 is 13.9 Å². The molecule has 2 heterocycles. The highest BCUT2D eigenvalue weighted by molar-refractivity contribution is 9.10. The number of halogens is 1. The smallest absolute Gasteiger partial charge is 0.290 e.